The molecule has 1 aliphatic heterocycles. The number of fused-ring (bicyclic) bond motifs is 1. The summed E-state index contributed by atoms with van der Waals surface area (Å²) in [5, 5.41) is 9.31. The molecule has 4 aromatic rings. The van der Waals surface area contributed by atoms with Gasteiger partial charge in [-0.2, -0.15) is 0 Å². The lowest BCUT2D eigenvalue weighted by Gasteiger charge is -2.13. The van der Waals surface area contributed by atoms with E-state index in [1.165, 1.54) is 0 Å². The van der Waals surface area contributed by atoms with Gasteiger partial charge in [-0.3, -0.25) is 4.79 Å². The minimum absolute atomic E-state index is 0.201. The van der Waals surface area contributed by atoms with Gasteiger partial charge in [0.2, 0.25) is 5.95 Å². The van der Waals surface area contributed by atoms with Gasteiger partial charge in [0.15, 0.2) is 0 Å². The second-order valence-electron chi connectivity index (χ2n) is 8.32. The maximum atomic E-state index is 12.8. The number of nitrogens with two attached hydrogens (primary N) is 1. The molecule has 0 saturated heterocycles. The Morgan fingerprint density at radius 3 is 2.78 bits per heavy atom. The summed E-state index contributed by atoms with van der Waals surface area (Å²) in [6.45, 7) is 1.79. The SMILES string of the molecule is CNCc1ccc(NC(=O)c2cccc(CNc3ncc(-c4ccnc(N)n4)c4c3CCO4)c2)nc1. The van der Waals surface area contributed by atoms with Crippen molar-refractivity contribution in [2.75, 3.05) is 30.0 Å². The summed E-state index contributed by atoms with van der Waals surface area (Å²) in [5.41, 5.74) is 10.7. The van der Waals surface area contributed by atoms with E-state index >= 15 is 0 Å². The standard InChI is InChI=1S/C26H26N8O2/c1-28-12-17-5-6-22(30-14-17)34-25(35)18-4-2-3-16(11-18)13-31-24-19-8-10-36-23(19)20(15-32-24)21-7-9-29-26(27)33-21/h2-7,9,11,14-15,28H,8,10,12-13H2,1H3,(H,31,32)(H2,27,29,33)(H,30,34,35). The van der Waals surface area contributed by atoms with Crippen molar-refractivity contribution in [1.29, 1.82) is 0 Å². The number of nitrogen functional groups attached to an aromatic ring is 1. The van der Waals surface area contributed by atoms with Gasteiger partial charge >= 0.3 is 0 Å². The summed E-state index contributed by atoms with van der Waals surface area (Å²) in [5.74, 6) is 1.99. The first-order valence-corrected chi connectivity index (χ1v) is 11.6. The summed E-state index contributed by atoms with van der Waals surface area (Å²) in [6, 6.07) is 13.0. The number of benzene rings is 1. The average Bonchev–Trinajstić information content (AvgIpc) is 3.39. The number of nitrogens with zero attached hydrogens (tertiary/aromatic N) is 4. The van der Waals surface area contributed by atoms with Crippen molar-refractivity contribution in [2.45, 2.75) is 19.5 Å². The third kappa shape index (κ3) is 5.08. The van der Waals surface area contributed by atoms with Crippen molar-refractivity contribution in [1.82, 2.24) is 25.3 Å². The van der Waals surface area contributed by atoms with E-state index in [2.05, 4.69) is 35.9 Å². The van der Waals surface area contributed by atoms with E-state index in [4.69, 9.17) is 10.5 Å². The molecule has 0 fully saturated rings. The fourth-order valence-corrected chi connectivity index (χ4v) is 4.05. The predicted octanol–water partition coefficient (Wildman–Crippen LogP) is 3.03. The second kappa shape index (κ2) is 10.4. The number of carbonyl (C=O) groups excluding carboxylic acids is 1. The van der Waals surface area contributed by atoms with Gasteiger partial charge < -0.3 is 26.4 Å². The molecule has 0 atom stereocenters. The fraction of sp³-hybridized carbons (Fsp3) is 0.192. The van der Waals surface area contributed by atoms with E-state index in [9.17, 15) is 4.79 Å². The number of carbonyl (C=O) groups is 1. The Balaban J connectivity index is 1.28. The highest BCUT2D eigenvalue weighted by Gasteiger charge is 2.23. The third-order valence-electron chi connectivity index (χ3n) is 5.77. The maximum Gasteiger partial charge on any atom is 0.256 e. The van der Waals surface area contributed by atoms with E-state index < -0.39 is 0 Å². The zero-order valence-corrected chi connectivity index (χ0v) is 19.8. The smallest absolute Gasteiger partial charge is 0.256 e. The van der Waals surface area contributed by atoms with Gasteiger partial charge in [-0.15, -0.1) is 0 Å². The van der Waals surface area contributed by atoms with Crippen molar-refractivity contribution in [3.63, 3.8) is 0 Å². The third-order valence-corrected chi connectivity index (χ3v) is 5.77. The van der Waals surface area contributed by atoms with Crippen LogP contribution in [-0.2, 0) is 19.5 Å². The molecule has 5 N–H and O–H groups in total. The van der Waals surface area contributed by atoms with Crippen LogP contribution in [0.5, 0.6) is 5.75 Å². The van der Waals surface area contributed by atoms with Crippen molar-refractivity contribution < 1.29 is 9.53 Å². The second-order valence-corrected chi connectivity index (χ2v) is 8.32. The molecule has 3 aromatic heterocycles. The number of hydrogen-bond donors (Lipinski definition) is 4. The molecule has 0 bridgehead atoms. The Hall–Kier alpha value is -4.57. The van der Waals surface area contributed by atoms with Crippen LogP contribution in [0.15, 0.2) is 61.1 Å². The molecule has 10 heteroatoms. The van der Waals surface area contributed by atoms with Crippen LogP contribution in [0.3, 0.4) is 0 Å². The van der Waals surface area contributed by atoms with Crippen molar-refractivity contribution in [3.8, 4) is 17.0 Å². The first kappa shape index (κ1) is 23.2. The maximum absolute atomic E-state index is 12.8. The lowest BCUT2D eigenvalue weighted by atomic mass is 10.1. The number of hydrogen-bond acceptors (Lipinski definition) is 9. The van der Waals surface area contributed by atoms with Crippen molar-refractivity contribution in [3.05, 3.63) is 83.3 Å². The highest BCUT2D eigenvalue weighted by molar-refractivity contribution is 6.03. The van der Waals surface area contributed by atoms with Crippen LogP contribution in [0.1, 0.15) is 27.0 Å². The van der Waals surface area contributed by atoms with Crippen molar-refractivity contribution >= 4 is 23.5 Å². The number of ether oxygens (including phenoxy) is 1. The molecule has 5 rings (SSSR count). The summed E-state index contributed by atoms with van der Waals surface area (Å²) in [4.78, 5) is 29.9. The van der Waals surface area contributed by atoms with Crippen molar-refractivity contribution in [2.24, 2.45) is 0 Å². The molecule has 4 heterocycles. The molecule has 0 saturated carbocycles. The molecule has 0 spiro atoms. The number of rotatable bonds is 8. The topological polar surface area (TPSA) is 140 Å². The number of aromatic nitrogens is 4. The van der Waals surface area contributed by atoms with Crippen LogP contribution < -0.4 is 26.4 Å². The minimum atomic E-state index is -0.216. The highest BCUT2D eigenvalue weighted by atomic mass is 16.5. The van der Waals surface area contributed by atoms with Crippen LogP contribution >= 0.6 is 0 Å². The number of amides is 1. The Bertz CT molecular complexity index is 1390. The average molecular weight is 483 g/mol. The van der Waals surface area contributed by atoms with Gasteiger partial charge in [-0.25, -0.2) is 19.9 Å². The highest BCUT2D eigenvalue weighted by Crippen LogP contribution is 2.39. The summed E-state index contributed by atoms with van der Waals surface area (Å²) in [7, 11) is 1.88. The predicted molar refractivity (Wildman–Crippen MR) is 138 cm³/mol. The summed E-state index contributed by atoms with van der Waals surface area (Å²) in [6.07, 6.45) is 5.82. The van der Waals surface area contributed by atoms with Gasteiger partial charge in [0.1, 0.15) is 17.4 Å². The van der Waals surface area contributed by atoms with Gasteiger partial charge in [-0.1, -0.05) is 18.2 Å². The van der Waals surface area contributed by atoms with Gasteiger partial charge in [0, 0.05) is 49.2 Å². The number of pyridine rings is 2. The monoisotopic (exact) mass is 482 g/mol. The van der Waals surface area contributed by atoms with Crippen LogP contribution in [0.2, 0.25) is 0 Å². The van der Waals surface area contributed by atoms with Crippen LogP contribution in [0, 0.1) is 0 Å². The molecule has 36 heavy (non-hydrogen) atoms. The molecule has 0 radical (unpaired) electrons. The summed E-state index contributed by atoms with van der Waals surface area (Å²) < 4.78 is 5.90. The zero-order chi connectivity index (χ0) is 24.9. The first-order valence-electron chi connectivity index (χ1n) is 11.6. The van der Waals surface area contributed by atoms with Gasteiger partial charge in [-0.05, 0) is 42.4 Å². The van der Waals surface area contributed by atoms with Crippen LogP contribution in [-0.4, -0.2) is 39.5 Å². The van der Waals surface area contributed by atoms with E-state index in [1.807, 2.05) is 31.3 Å². The lowest BCUT2D eigenvalue weighted by molar-refractivity contribution is 0.102. The van der Waals surface area contributed by atoms with E-state index in [0.29, 0.717) is 30.2 Å². The largest absolute Gasteiger partial charge is 0.492 e. The first-order chi connectivity index (χ1) is 17.6. The Morgan fingerprint density at radius 1 is 1.06 bits per heavy atom. The molecular weight excluding hydrogens is 456 g/mol. The van der Waals surface area contributed by atoms with Gasteiger partial charge in [0.25, 0.3) is 5.91 Å². The molecule has 182 valence electrons. The molecule has 1 aromatic carbocycles. The quantitative estimate of drug-likeness (QED) is 0.298. The Labute approximate surface area is 208 Å². The molecule has 10 nitrogen and oxygen atoms in total. The van der Waals surface area contributed by atoms with Crippen LogP contribution in [0.25, 0.3) is 11.3 Å². The van der Waals surface area contributed by atoms with Crippen LogP contribution in [0.4, 0.5) is 17.6 Å². The molecular formula is C26H26N8O2. The van der Waals surface area contributed by atoms with E-state index in [0.717, 1.165) is 46.8 Å². The Morgan fingerprint density at radius 2 is 1.97 bits per heavy atom. The molecule has 0 unspecified atom stereocenters. The van der Waals surface area contributed by atoms with E-state index in [1.54, 1.807) is 36.8 Å². The Kier molecular flexibility index (Phi) is 6.67. The normalized spacial score (nSPS) is 12.0. The minimum Gasteiger partial charge on any atom is -0.492 e. The zero-order valence-electron chi connectivity index (χ0n) is 19.8. The number of anilines is 3. The fourth-order valence-electron chi connectivity index (χ4n) is 4.05. The van der Waals surface area contributed by atoms with E-state index in [-0.39, 0.29) is 11.9 Å². The summed E-state index contributed by atoms with van der Waals surface area (Å²) >= 11 is 0. The molecule has 0 aliphatic carbocycles. The van der Waals surface area contributed by atoms with Gasteiger partial charge in [0.05, 0.1) is 17.9 Å². The number of nitrogens with one attached hydrogen (secondary N) is 3. The molecule has 1 aliphatic rings. The lowest BCUT2D eigenvalue weighted by Crippen LogP contribution is -2.14. The molecule has 1 amide bonds.